The van der Waals surface area contributed by atoms with Gasteiger partial charge in [0.15, 0.2) is 0 Å². The van der Waals surface area contributed by atoms with Crippen molar-refractivity contribution in [2.24, 2.45) is 0 Å². The highest BCUT2D eigenvalue weighted by Crippen LogP contribution is 2.20. The lowest BCUT2D eigenvalue weighted by Gasteiger charge is -2.18. The Hall–Kier alpha value is -2.00. The molecule has 1 amide bonds. The van der Waals surface area contributed by atoms with Crippen molar-refractivity contribution < 1.29 is 14.7 Å². The molecule has 0 bridgehead atoms. The number of aromatic carboxylic acids is 1. The number of amides is 1. The second-order valence-corrected chi connectivity index (χ2v) is 4.41. The molecule has 0 unspecified atom stereocenters. The molecule has 6 heteroatoms. The fourth-order valence-electron chi connectivity index (χ4n) is 1.36. The minimum Gasteiger partial charge on any atom is -0.478 e. The number of benzene rings is 1. The Labute approximate surface area is 109 Å². The number of nitrogens with zero attached hydrogens (tertiary/aromatic N) is 2. The molecule has 18 heavy (non-hydrogen) atoms. The molecule has 0 heterocycles. The maximum absolute atomic E-state index is 11.8. The van der Waals surface area contributed by atoms with Crippen molar-refractivity contribution in [1.29, 1.82) is 5.26 Å². The quantitative estimate of drug-likeness (QED) is 0.817. The van der Waals surface area contributed by atoms with Crippen LogP contribution < -0.4 is 4.90 Å². The predicted molar refractivity (Wildman–Crippen MR) is 69.7 cm³/mol. The van der Waals surface area contributed by atoms with Crippen molar-refractivity contribution in [2.45, 2.75) is 0 Å². The summed E-state index contributed by atoms with van der Waals surface area (Å²) in [6, 6.07) is 8.24. The minimum atomic E-state index is -1.07. The molecular weight excluding hydrogens is 252 g/mol. The smallest absolute Gasteiger partial charge is 0.337 e. The first-order chi connectivity index (χ1) is 8.57. The Morgan fingerprint density at radius 3 is 2.72 bits per heavy atom. The molecule has 0 aliphatic carbocycles. The van der Waals surface area contributed by atoms with Gasteiger partial charge in [0.05, 0.1) is 28.8 Å². The normalized spacial score (nSPS) is 9.56. The van der Waals surface area contributed by atoms with Gasteiger partial charge in [-0.2, -0.15) is 5.26 Å². The molecule has 1 rings (SSSR count). The van der Waals surface area contributed by atoms with Crippen LogP contribution in [0.4, 0.5) is 5.69 Å². The van der Waals surface area contributed by atoms with Gasteiger partial charge >= 0.3 is 5.97 Å². The second-order valence-electron chi connectivity index (χ2n) is 3.43. The molecule has 0 aromatic heterocycles. The highest BCUT2D eigenvalue weighted by molar-refractivity contribution is 8.00. The van der Waals surface area contributed by atoms with Gasteiger partial charge in [-0.15, -0.1) is 11.8 Å². The van der Waals surface area contributed by atoms with E-state index in [9.17, 15) is 9.59 Å². The summed E-state index contributed by atoms with van der Waals surface area (Å²) in [4.78, 5) is 24.1. The second kappa shape index (κ2) is 6.67. The Kier molecular flexibility index (Phi) is 5.21. The molecule has 5 nitrogen and oxygen atoms in total. The zero-order valence-electron chi connectivity index (χ0n) is 9.79. The first kappa shape index (κ1) is 14.1. The van der Waals surface area contributed by atoms with Crippen molar-refractivity contribution >= 4 is 29.3 Å². The summed E-state index contributed by atoms with van der Waals surface area (Å²) in [6.45, 7) is 0. The number of carboxylic acids is 1. The Morgan fingerprint density at radius 2 is 2.11 bits per heavy atom. The van der Waals surface area contributed by atoms with Gasteiger partial charge in [0.1, 0.15) is 0 Å². The average Bonchev–Trinajstić information content (AvgIpc) is 2.38. The van der Waals surface area contributed by atoms with Gasteiger partial charge in [0, 0.05) is 7.05 Å². The standard InChI is InChI=1S/C12H12N2O3S/c1-14(11(15)8-18-7-6-13)10-5-3-2-4-9(10)12(16)17/h2-5H,7-8H2,1H3,(H,16,17). The average molecular weight is 264 g/mol. The van der Waals surface area contributed by atoms with Gasteiger partial charge in [0.2, 0.25) is 5.91 Å². The van der Waals surface area contributed by atoms with Crippen LogP contribution in [-0.2, 0) is 4.79 Å². The van der Waals surface area contributed by atoms with Gasteiger partial charge < -0.3 is 10.0 Å². The zero-order valence-corrected chi connectivity index (χ0v) is 10.6. The van der Waals surface area contributed by atoms with Crippen molar-refractivity contribution in [3.63, 3.8) is 0 Å². The van der Waals surface area contributed by atoms with E-state index in [0.29, 0.717) is 5.69 Å². The lowest BCUT2D eigenvalue weighted by atomic mass is 10.1. The Bertz CT molecular complexity index is 496. The van der Waals surface area contributed by atoms with Crippen LogP contribution in [0.3, 0.4) is 0 Å². The van der Waals surface area contributed by atoms with E-state index in [1.54, 1.807) is 18.2 Å². The number of carbonyl (C=O) groups is 2. The van der Waals surface area contributed by atoms with E-state index in [2.05, 4.69) is 0 Å². The van der Waals surface area contributed by atoms with Crippen LogP contribution in [0.15, 0.2) is 24.3 Å². The summed E-state index contributed by atoms with van der Waals surface area (Å²) in [6.07, 6.45) is 0. The lowest BCUT2D eigenvalue weighted by Crippen LogP contribution is -2.29. The number of anilines is 1. The van der Waals surface area contributed by atoms with Gasteiger partial charge in [-0.1, -0.05) is 12.1 Å². The Balaban J connectivity index is 2.84. The number of hydrogen-bond donors (Lipinski definition) is 1. The molecule has 0 fully saturated rings. The highest BCUT2D eigenvalue weighted by Gasteiger charge is 2.17. The fourth-order valence-corrected chi connectivity index (χ4v) is 1.92. The number of nitriles is 1. The highest BCUT2D eigenvalue weighted by atomic mass is 32.2. The van der Waals surface area contributed by atoms with Crippen LogP contribution in [0, 0.1) is 11.3 Å². The topological polar surface area (TPSA) is 81.4 Å². The van der Waals surface area contributed by atoms with Gasteiger partial charge in [-0.05, 0) is 12.1 Å². The molecule has 94 valence electrons. The van der Waals surface area contributed by atoms with E-state index in [1.165, 1.54) is 29.8 Å². The SMILES string of the molecule is CN(C(=O)CSCC#N)c1ccccc1C(=O)O. The summed E-state index contributed by atoms with van der Waals surface area (Å²) in [5.74, 6) is -0.920. The molecule has 0 aliphatic rings. The van der Waals surface area contributed by atoms with Crippen LogP contribution in [0.25, 0.3) is 0 Å². The number of hydrogen-bond acceptors (Lipinski definition) is 4. The Morgan fingerprint density at radius 1 is 1.44 bits per heavy atom. The molecular formula is C12H12N2O3S. The number of thioether (sulfide) groups is 1. The van der Waals surface area contributed by atoms with E-state index in [1.807, 2.05) is 6.07 Å². The van der Waals surface area contributed by atoms with Gasteiger partial charge in [-0.3, -0.25) is 4.79 Å². The zero-order chi connectivity index (χ0) is 13.5. The van der Waals surface area contributed by atoms with Crippen LogP contribution in [-0.4, -0.2) is 35.5 Å². The molecule has 0 aliphatic heterocycles. The predicted octanol–water partition coefficient (Wildman–Crippen LogP) is 1.60. The third-order valence-electron chi connectivity index (χ3n) is 2.26. The fraction of sp³-hybridized carbons (Fsp3) is 0.250. The summed E-state index contributed by atoms with van der Waals surface area (Å²) in [7, 11) is 1.52. The van der Waals surface area contributed by atoms with E-state index < -0.39 is 5.97 Å². The van der Waals surface area contributed by atoms with E-state index in [0.717, 1.165) is 0 Å². The molecule has 1 aromatic carbocycles. The third kappa shape index (κ3) is 3.50. The van der Waals surface area contributed by atoms with Crippen molar-refractivity contribution in [3.8, 4) is 6.07 Å². The first-order valence-electron chi connectivity index (χ1n) is 5.11. The number of carbonyl (C=O) groups excluding carboxylic acids is 1. The summed E-state index contributed by atoms with van der Waals surface area (Å²) < 4.78 is 0. The first-order valence-corrected chi connectivity index (χ1v) is 6.27. The van der Waals surface area contributed by atoms with Crippen LogP contribution in [0.5, 0.6) is 0 Å². The van der Waals surface area contributed by atoms with E-state index >= 15 is 0 Å². The summed E-state index contributed by atoms with van der Waals surface area (Å²) in [5, 5.41) is 17.4. The molecule has 1 N–H and O–H groups in total. The third-order valence-corrected chi connectivity index (χ3v) is 3.05. The number of carboxylic acid groups (broad SMARTS) is 1. The molecule has 1 aromatic rings. The number of rotatable bonds is 5. The van der Waals surface area contributed by atoms with Crippen molar-refractivity contribution in [3.05, 3.63) is 29.8 Å². The van der Waals surface area contributed by atoms with Crippen molar-refractivity contribution in [1.82, 2.24) is 0 Å². The van der Waals surface area contributed by atoms with Crippen molar-refractivity contribution in [2.75, 3.05) is 23.5 Å². The molecule has 0 radical (unpaired) electrons. The molecule has 0 atom stereocenters. The molecule has 0 spiro atoms. The van der Waals surface area contributed by atoms with Crippen LogP contribution in [0.2, 0.25) is 0 Å². The summed E-state index contributed by atoms with van der Waals surface area (Å²) in [5.41, 5.74) is 0.436. The minimum absolute atomic E-state index is 0.0821. The number of para-hydroxylation sites is 1. The summed E-state index contributed by atoms with van der Waals surface area (Å²) >= 11 is 1.20. The molecule has 0 saturated heterocycles. The van der Waals surface area contributed by atoms with Gasteiger partial charge in [-0.25, -0.2) is 4.79 Å². The van der Waals surface area contributed by atoms with E-state index in [-0.39, 0.29) is 23.0 Å². The van der Waals surface area contributed by atoms with E-state index in [4.69, 9.17) is 10.4 Å². The lowest BCUT2D eigenvalue weighted by molar-refractivity contribution is -0.115. The van der Waals surface area contributed by atoms with Gasteiger partial charge in [0.25, 0.3) is 0 Å². The maximum Gasteiger partial charge on any atom is 0.337 e. The van der Waals surface area contributed by atoms with Crippen LogP contribution >= 0.6 is 11.8 Å². The molecule has 0 saturated carbocycles. The maximum atomic E-state index is 11.8. The monoisotopic (exact) mass is 264 g/mol. The largest absolute Gasteiger partial charge is 0.478 e. The van der Waals surface area contributed by atoms with Crippen LogP contribution in [0.1, 0.15) is 10.4 Å².